The van der Waals surface area contributed by atoms with Gasteiger partial charge >= 0.3 is 16.0 Å². The van der Waals surface area contributed by atoms with Gasteiger partial charge in [-0.2, -0.15) is 13.6 Å². The first kappa shape index (κ1) is 12.3. The fourth-order valence-electron chi connectivity index (χ4n) is 0.853. The first-order chi connectivity index (χ1) is 7.20. The zero-order chi connectivity index (χ0) is 12.5. The molecule has 0 unspecified atom stereocenters. The van der Waals surface area contributed by atoms with Gasteiger partial charge in [-0.3, -0.25) is 10.1 Å². The van der Waals surface area contributed by atoms with E-state index in [1.807, 2.05) is 0 Å². The largest absolute Gasteiger partial charge is 0.380 e. The summed E-state index contributed by atoms with van der Waals surface area (Å²) in [6, 6.07) is 0.410. The number of benzene rings is 1. The van der Waals surface area contributed by atoms with Crippen LogP contribution < -0.4 is 9.32 Å². The number of nitrogens with two attached hydrogens (primary N) is 1. The summed E-state index contributed by atoms with van der Waals surface area (Å²) in [6.45, 7) is 0. The van der Waals surface area contributed by atoms with Gasteiger partial charge < -0.3 is 4.18 Å². The van der Waals surface area contributed by atoms with Crippen LogP contribution in [0.1, 0.15) is 0 Å². The molecule has 0 spiro atoms. The van der Waals surface area contributed by atoms with Crippen LogP contribution in [0.5, 0.6) is 5.75 Å². The molecule has 0 atom stereocenters. The molecule has 0 saturated heterocycles. The van der Waals surface area contributed by atoms with Gasteiger partial charge in [-0.05, 0) is 0 Å². The van der Waals surface area contributed by atoms with Crippen molar-refractivity contribution in [1.82, 2.24) is 0 Å². The average Bonchev–Trinajstić information content (AvgIpc) is 2.07. The van der Waals surface area contributed by atoms with E-state index in [4.69, 9.17) is 0 Å². The number of nitro groups is 1. The third-order valence-corrected chi connectivity index (χ3v) is 1.82. The van der Waals surface area contributed by atoms with Crippen molar-refractivity contribution in [3.05, 3.63) is 33.9 Å². The minimum Gasteiger partial charge on any atom is -0.364 e. The number of hydrogen-bond acceptors (Lipinski definition) is 5. The summed E-state index contributed by atoms with van der Waals surface area (Å²) in [5, 5.41) is 14.8. The summed E-state index contributed by atoms with van der Waals surface area (Å²) in [7, 11) is -4.56. The Morgan fingerprint density at radius 3 is 2.25 bits per heavy atom. The number of hydrogen-bond donors (Lipinski definition) is 1. The van der Waals surface area contributed by atoms with Gasteiger partial charge in [0, 0.05) is 6.07 Å². The summed E-state index contributed by atoms with van der Waals surface area (Å²) in [4.78, 5) is 9.24. The Kier molecular flexibility index (Phi) is 3.05. The van der Waals surface area contributed by atoms with Crippen molar-refractivity contribution in [2.45, 2.75) is 0 Å². The average molecular weight is 254 g/mol. The lowest BCUT2D eigenvalue weighted by Gasteiger charge is -2.03. The molecule has 0 heterocycles. The van der Waals surface area contributed by atoms with Gasteiger partial charge in [0.2, 0.25) is 5.75 Å². The normalized spacial score (nSPS) is 11.2. The van der Waals surface area contributed by atoms with E-state index in [-0.39, 0.29) is 12.1 Å². The lowest BCUT2D eigenvalue weighted by atomic mass is 10.3. The lowest BCUT2D eigenvalue weighted by Crippen LogP contribution is -2.19. The zero-order valence-electron chi connectivity index (χ0n) is 7.38. The molecular weight excluding hydrogens is 250 g/mol. The molecular formula is C6H4F2N2O5S. The second kappa shape index (κ2) is 3.98. The van der Waals surface area contributed by atoms with E-state index in [1.165, 1.54) is 0 Å². The number of rotatable bonds is 3. The highest BCUT2D eigenvalue weighted by Crippen LogP contribution is 2.29. The predicted molar refractivity (Wildman–Crippen MR) is 46.7 cm³/mol. The van der Waals surface area contributed by atoms with Crippen LogP contribution in [0.4, 0.5) is 14.5 Å². The Morgan fingerprint density at radius 1 is 1.31 bits per heavy atom. The molecule has 0 aliphatic carbocycles. The Morgan fingerprint density at radius 2 is 1.81 bits per heavy atom. The van der Waals surface area contributed by atoms with Gasteiger partial charge in [-0.15, -0.1) is 0 Å². The molecule has 7 nitrogen and oxygen atoms in total. The highest BCUT2D eigenvalue weighted by Gasteiger charge is 2.23. The molecule has 0 radical (unpaired) electrons. The van der Waals surface area contributed by atoms with Gasteiger partial charge in [-0.25, -0.2) is 8.78 Å². The van der Waals surface area contributed by atoms with Crippen LogP contribution in [0.2, 0.25) is 0 Å². The Labute approximate surface area is 87.8 Å². The summed E-state index contributed by atoms with van der Waals surface area (Å²) >= 11 is 0. The van der Waals surface area contributed by atoms with Crippen LogP contribution in [0, 0.1) is 21.7 Å². The van der Waals surface area contributed by atoms with Crippen molar-refractivity contribution in [3.63, 3.8) is 0 Å². The maximum atomic E-state index is 12.7. The van der Waals surface area contributed by atoms with E-state index in [0.717, 1.165) is 0 Å². The molecule has 16 heavy (non-hydrogen) atoms. The quantitative estimate of drug-likeness (QED) is 0.621. The second-order valence-corrected chi connectivity index (χ2v) is 3.72. The van der Waals surface area contributed by atoms with Gasteiger partial charge in [0.25, 0.3) is 0 Å². The number of nitro benzene ring substituents is 1. The Hall–Kier alpha value is -1.81. The molecule has 88 valence electrons. The van der Waals surface area contributed by atoms with Crippen molar-refractivity contribution < 1.29 is 26.3 Å². The van der Waals surface area contributed by atoms with Crippen molar-refractivity contribution in [1.29, 1.82) is 0 Å². The molecule has 2 N–H and O–H groups in total. The molecule has 0 aliphatic heterocycles. The topological polar surface area (TPSA) is 113 Å². The standard InChI is InChI=1S/C6H4F2N2O5S/c7-3-1-5(10(11)12)6(2-4(3)8)15-16(9,13)14/h1-2H,(H2,9,13,14). The Bertz CT molecular complexity index is 544. The molecule has 0 aromatic heterocycles. The third kappa shape index (κ3) is 2.84. The maximum absolute atomic E-state index is 12.7. The monoisotopic (exact) mass is 254 g/mol. The van der Waals surface area contributed by atoms with Gasteiger partial charge in [0.1, 0.15) is 0 Å². The summed E-state index contributed by atoms with van der Waals surface area (Å²) in [6.07, 6.45) is 0. The fraction of sp³-hybridized carbons (Fsp3) is 0. The summed E-state index contributed by atoms with van der Waals surface area (Å²) < 4.78 is 50.2. The molecule has 1 aromatic rings. The number of halogens is 2. The van der Waals surface area contributed by atoms with Crippen LogP contribution in [0.25, 0.3) is 0 Å². The maximum Gasteiger partial charge on any atom is 0.380 e. The molecule has 0 amide bonds. The molecule has 1 rings (SSSR count). The van der Waals surface area contributed by atoms with E-state index in [1.54, 1.807) is 0 Å². The van der Waals surface area contributed by atoms with Crippen LogP contribution in [0.3, 0.4) is 0 Å². The van der Waals surface area contributed by atoms with Gasteiger partial charge in [-0.1, -0.05) is 0 Å². The van der Waals surface area contributed by atoms with Crippen LogP contribution in [-0.4, -0.2) is 13.3 Å². The van der Waals surface area contributed by atoms with Crippen molar-refractivity contribution in [2.24, 2.45) is 5.14 Å². The predicted octanol–water partition coefficient (Wildman–Crippen LogP) is 0.455. The molecule has 10 heteroatoms. The third-order valence-electron chi connectivity index (χ3n) is 1.40. The van der Waals surface area contributed by atoms with Crippen LogP contribution in [0.15, 0.2) is 12.1 Å². The lowest BCUT2D eigenvalue weighted by molar-refractivity contribution is -0.385. The van der Waals surface area contributed by atoms with E-state index in [9.17, 15) is 27.3 Å². The Balaban J connectivity index is 3.36. The first-order valence-electron chi connectivity index (χ1n) is 3.56. The summed E-state index contributed by atoms with van der Waals surface area (Å²) in [5.41, 5.74) is -1.05. The van der Waals surface area contributed by atoms with Crippen molar-refractivity contribution >= 4 is 16.0 Å². The smallest absolute Gasteiger partial charge is 0.364 e. The molecule has 0 saturated carbocycles. The minimum absolute atomic E-state index is 0.190. The van der Waals surface area contributed by atoms with E-state index >= 15 is 0 Å². The zero-order valence-corrected chi connectivity index (χ0v) is 8.20. The van der Waals surface area contributed by atoms with Crippen LogP contribution in [-0.2, 0) is 10.3 Å². The second-order valence-electron chi connectivity index (χ2n) is 2.57. The van der Waals surface area contributed by atoms with E-state index < -0.39 is 38.3 Å². The minimum atomic E-state index is -4.56. The SMILES string of the molecule is NS(=O)(=O)Oc1cc(F)c(F)cc1[N+](=O)[O-]. The first-order valence-corrected chi connectivity index (χ1v) is 5.03. The van der Waals surface area contributed by atoms with E-state index in [2.05, 4.69) is 9.32 Å². The van der Waals surface area contributed by atoms with Gasteiger partial charge in [0.05, 0.1) is 11.0 Å². The summed E-state index contributed by atoms with van der Waals surface area (Å²) in [5.74, 6) is -4.00. The molecule has 0 aliphatic rings. The molecule has 0 bridgehead atoms. The fourth-order valence-corrected chi connectivity index (χ4v) is 1.24. The molecule has 0 fully saturated rings. The van der Waals surface area contributed by atoms with Gasteiger partial charge in [0.15, 0.2) is 11.6 Å². The number of nitrogens with zero attached hydrogens (tertiary/aromatic N) is 1. The highest BCUT2D eigenvalue weighted by atomic mass is 32.2. The van der Waals surface area contributed by atoms with Crippen molar-refractivity contribution in [2.75, 3.05) is 0 Å². The van der Waals surface area contributed by atoms with Crippen LogP contribution >= 0.6 is 0 Å². The van der Waals surface area contributed by atoms with Crippen molar-refractivity contribution in [3.8, 4) is 5.75 Å². The molecule has 1 aromatic carbocycles. The van der Waals surface area contributed by atoms with E-state index in [0.29, 0.717) is 0 Å². The highest BCUT2D eigenvalue weighted by molar-refractivity contribution is 7.84.